The monoisotopic (exact) mass is 276 g/mol. The van der Waals surface area contributed by atoms with Gasteiger partial charge < -0.3 is 9.84 Å². The normalized spacial score (nSPS) is 12.4. The lowest BCUT2D eigenvalue weighted by molar-refractivity contribution is 0.242. The number of rotatable bonds is 4. The van der Waals surface area contributed by atoms with Crippen molar-refractivity contribution in [2.24, 2.45) is 0 Å². The van der Waals surface area contributed by atoms with Crippen molar-refractivity contribution in [3.8, 4) is 11.5 Å². The number of ether oxygens (including phenoxy) is 1. The highest BCUT2D eigenvalue weighted by Crippen LogP contribution is 2.21. The highest BCUT2D eigenvalue weighted by Gasteiger charge is 2.07. The third-order valence-corrected chi connectivity index (χ3v) is 3.86. The van der Waals surface area contributed by atoms with Gasteiger partial charge in [0.05, 0.1) is 16.9 Å². The maximum Gasteiger partial charge on any atom is 0.119 e. The first-order valence-electron chi connectivity index (χ1n) is 6.04. The summed E-state index contributed by atoms with van der Waals surface area (Å²) in [6, 6.07) is 13.6. The van der Waals surface area contributed by atoms with Gasteiger partial charge in [-0.3, -0.25) is 0 Å². The molecule has 1 N–H and O–H groups in total. The van der Waals surface area contributed by atoms with Crippen molar-refractivity contribution in [1.29, 1.82) is 0 Å². The molecule has 0 aliphatic rings. The highest BCUT2D eigenvalue weighted by molar-refractivity contribution is 7.85. The van der Waals surface area contributed by atoms with Crippen LogP contribution in [-0.4, -0.2) is 15.4 Å². The Morgan fingerprint density at radius 2 is 1.42 bits per heavy atom. The maximum atomic E-state index is 12.3. The molecule has 19 heavy (non-hydrogen) atoms. The summed E-state index contributed by atoms with van der Waals surface area (Å²) in [5.41, 5.74) is 0. The molecule has 0 fully saturated rings. The average molecular weight is 276 g/mol. The van der Waals surface area contributed by atoms with Crippen LogP contribution in [0.25, 0.3) is 0 Å². The van der Waals surface area contributed by atoms with Gasteiger partial charge in [0.2, 0.25) is 0 Å². The van der Waals surface area contributed by atoms with Gasteiger partial charge in [0.1, 0.15) is 11.5 Å². The van der Waals surface area contributed by atoms with Gasteiger partial charge >= 0.3 is 0 Å². The van der Waals surface area contributed by atoms with Crippen molar-refractivity contribution in [3.63, 3.8) is 0 Å². The minimum absolute atomic E-state index is 0.119. The summed E-state index contributed by atoms with van der Waals surface area (Å²) in [7, 11) is -1.24. The second-order valence-electron chi connectivity index (χ2n) is 4.40. The van der Waals surface area contributed by atoms with E-state index in [0.29, 0.717) is 9.79 Å². The van der Waals surface area contributed by atoms with Gasteiger partial charge in [0, 0.05) is 9.79 Å². The van der Waals surface area contributed by atoms with Crippen LogP contribution in [0.15, 0.2) is 58.3 Å². The van der Waals surface area contributed by atoms with Crippen LogP contribution in [0.3, 0.4) is 0 Å². The lowest BCUT2D eigenvalue weighted by Gasteiger charge is -2.10. The van der Waals surface area contributed by atoms with Crippen molar-refractivity contribution >= 4 is 10.8 Å². The van der Waals surface area contributed by atoms with Crippen LogP contribution in [0.2, 0.25) is 0 Å². The van der Waals surface area contributed by atoms with E-state index in [2.05, 4.69) is 0 Å². The third kappa shape index (κ3) is 3.58. The number of hydrogen-bond acceptors (Lipinski definition) is 3. The van der Waals surface area contributed by atoms with E-state index in [1.165, 1.54) is 12.1 Å². The van der Waals surface area contributed by atoms with Crippen LogP contribution >= 0.6 is 0 Å². The first kappa shape index (κ1) is 13.6. The quantitative estimate of drug-likeness (QED) is 0.931. The Balaban J connectivity index is 2.17. The van der Waals surface area contributed by atoms with E-state index in [9.17, 15) is 9.32 Å². The van der Waals surface area contributed by atoms with E-state index < -0.39 is 10.8 Å². The van der Waals surface area contributed by atoms with Crippen molar-refractivity contribution in [2.75, 3.05) is 0 Å². The van der Waals surface area contributed by atoms with E-state index in [0.717, 1.165) is 5.75 Å². The summed E-state index contributed by atoms with van der Waals surface area (Å²) in [5.74, 6) is 0.933. The van der Waals surface area contributed by atoms with E-state index in [1.807, 2.05) is 26.0 Å². The Morgan fingerprint density at radius 3 is 1.89 bits per heavy atom. The maximum absolute atomic E-state index is 12.3. The second-order valence-corrected chi connectivity index (χ2v) is 5.88. The van der Waals surface area contributed by atoms with Crippen LogP contribution in [0.5, 0.6) is 11.5 Å². The fourth-order valence-corrected chi connectivity index (χ4v) is 2.66. The average Bonchev–Trinajstić information content (AvgIpc) is 2.39. The van der Waals surface area contributed by atoms with Crippen molar-refractivity contribution in [3.05, 3.63) is 48.5 Å². The van der Waals surface area contributed by atoms with Crippen molar-refractivity contribution < 1.29 is 14.1 Å². The van der Waals surface area contributed by atoms with Crippen LogP contribution in [0, 0.1) is 0 Å². The molecular weight excluding hydrogens is 260 g/mol. The molecule has 0 saturated heterocycles. The predicted molar refractivity (Wildman–Crippen MR) is 75.0 cm³/mol. The number of aromatic hydroxyl groups is 1. The molecule has 0 bridgehead atoms. The number of phenols is 1. The SMILES string of the molecule is CC(C)Oc1ccc(S(=O)c2ccc(O)cc2)cc1. The summed E-state index contributed by atoms with van der Waals surface area (Å²) in [4.78, 5) is 1.37. The zero-order chi connectivity index (χ0) is 13.8. The number of hydrogen-bond donors (Lipinski definition) is 1. The minimum atomic E-state index is -1.24. The van der Waals surface area contributed by atoms with Gasteiger partial charge in [-0.05, 0) is 62.4 Å². The molecule has 2 rings (SSSR count). The molecule has 0 aliphatic carbocycles. The predicted octanol–water partition coefficient (Wildman–Crippen LogP) is 3.35. The Hall–Kier alpha value is -1.81. The Labute approximate surface area is 115 Å². The molecule has 0 aromatic heterocycles. The zero-order valence-corrected chi connectivity index (χ0v) is 11.7. The smallest absolute Gasteiger partial charge is 0.119 e. The topological polar surface area (TPSA) is 46.5 Å². The molecule has 2 aromatic carbocycles. The number of phenolic OH excluding ortho intramolecular Hbond substituents is 1. The minimum Gasteiger partial charge on any atom is -0.508 e. The van der Waals surface area contributed by atoms with E-state index >= 15 is 0 Å². The summed E-state index contributed by atoms with van der Waals surface area (Å²) < 4.78 is 17.8. The zero-order valence-electron chi connectivity index (χ0n) is 10.9. The van der Waals surface area contributed by atoms with Crippen molar-refractivity contribution in [1.82, 2.24) is 0 Å². The highest BCUT2D eigenvalue weighted by atomic mass is 32.2. The molecule has 0 heterocycles. The van der Waals surface area contributed by atoms with Crippen LogP contribution in [-0.2, 0) is 10.8 Å². The van der Waals surface area contributed by atoms with E-state index in [4.69, 9.17) is 4.74 Å². The molecule has 100 valence electrons. The van der Waals surface area contributed by atoms with Gasteiger partial charge in [0.15, 0.2) is 0 Å². The lowest BCUT2D eigenvalue weighted by atomic mass is 10.3. The van der Waals surface area contributed by atoms with E-state index in [1.54, 1.807) is 24.3 Å². The summed E-state index contributed by atoms with van der Waals surface area (Å²) in [6.07, 6.45) is 0.119. The Bertz CT molecular complexity index is 559. The van der Waals surface area contributed by atoms with Crippen LogP contribution < -0.4 is 4.74 Å². The van der Waals surface area contributed by atoms with Gasteiger partial charge in [-0.25, -0.2) is 4.21 Å². The molecule has 0 spiro atoms. The summed E-state index contributed by atoms with van der Waals surface area (Å²) in [5, 5.41) is 9.21. The molecule has 0 saturated carbocycles. The Kier molecular flexibility index (Phi) is 4.22. The molecule has 2 aromatic rings. The third-order valence-electron chi connectivity index (χ3n) is 2.46. The fourth-order valence-electron chi connectivity index (χ4n) is 1.62. The fraction of sp³-hybridized carbons (Fsp3) is 0.200. The lowest BCUT2D eigenvalue weighted by Crippen LogP contribution is -2.05. The van der Waals surface area contributed by atoms with Gasteiger partial charge in [-0.15, -0.1) is 0 Å². The van der Waals surface area contributed by atoms with Crippen LogP contribution in [0.4, 0.5) is 0 Å². The molecule has 1 unspecified atom stereocenters. The van der Waals surface area contributed by atoms with Gasteiger partial charge in [-0.2, -0.15) is 0 Å². The van der Waals surface area contributed by atoms with Crippen molar-refractivity contribution in [2.45, 2.75) is 29.7 Å². The Morgan fingerprint density at radius 1 is 0.947 bits per heavy atom. The first-order chi connectivity index (χ1) is 9.06. The van der Waals surface area contributed by atoms with Crippen LogP contribution in [0.1, 0.15) is 13.8 Å². The van der Waals surface area contributed by atoms with Gasteiger partial charge in [-0.1, -0.05) is 0 Å². The standard InChI is InChI=1S/C15H16O3S/c1-11(2)18-13-5-9-15(10-6-13)19(17)14-7-3-12(16)4-8-14/h3-11,16H,1-2H3. The molecule has 3 nitrogen and oxygen atoms in total. The summed E-state index contributed by atoms with van der Waals surface area (Å²) >= 11 is 0. The van der Waals surface area contributed by atoms with Gasteiger partial charge in [0.25, 0.3) is 0 Å². The summed E-state index contributed by atoms with van der Waals surface area (Å²) in [6.45, 7) is 3.92. The molecule has 0 radical (unpaired) electrons. The first-order valence-corrected chi connectivity index (χ1v) is 7.19. The number of benzene rings is 2. The largest absolute Gasteiger partial charge is 0.508 e. The second kappa shape index (κ2) is 5.89. The molecule has 4 heteroatoms. The molecular formula is C15H16O3S. The molecule has 0 aliphatic heterocycles. The van der Waals surface area contributed by atoms with E-state index in [-0.39, 0.29) is 11.9 Å². The molecule has 0 amide bonds. The molecule has 1 atom stereocenters.